The lowest BCUT2D eigenvalue weighted by Gasteiger charge is -2.25. The van der Waals surface area contributed by atoms with Crippen molar-refractivity contribution in [2.24, 2.45) is 0 Å². The van der Waals surface area contributed by atoms with Crippen LogP contribution < -0.4 is 5.69 Å². The lowest BCUT2D eigenvalue weighted by molar-refractivity contribution is 0.471. The standard InChI is InChI=1S/C15H16N2O/c18-15-16-9-4-10-17(15)11-13-7-3-6-12-5-1-2-8-14(12)13/h1-2,4-5,8-10,13H,3,6-7,11H2. The zero-order chi connectivity index (χ0) is 12.4. The van der Waals surface area contributed by atoms with E-state index in [2.05, 4.69) is 29.2 Å². The molecule has 0 bridgehead atoms. The molecule has 1 aromatic heterocycles. The number of benzene rings is 1. The van der Waals surface area contributed by atoms with Gasteiger partial charge in [0.25, 0.3) is 0 Å². The second kappa shape index (κ2) is 4.77. The summed E-state index contributed by atoms with van der Waals surface area (Å²) in [5.74, 6) is 0.442. The molecule has 0 amide bonds. The summed E-state index contributed by atoms with van der Waals surface area (Å²) in [6.45, 7) is 0.740. The lowest BCUT2D eigenvalue weighted by atomic mass is 9.83. The van der Waals surface area contributed by atoms with Crippen LogP contribution in [0.25, 0.3) is 0 Å². The molecule has 0 aliphatic heterocycles. The van der Waals surface area contributed by atoms with E-state index in [0.29, 0.717) is 5.92 Å². The predicted molar refractivity (Wildman–Crippen MR) is 70.6 cm³/mol. The minimum atomic E-state index is -0.152. The Balaban J connectivity index is 1.91. The summed E-state index contributed by atoms with van der Waals surface area (Å²) in [7, 11) is 0. The highest BCUT2D eigenvalue weighted by atomic mass is 16.1. The molecule has 92 valence electrons. The predicted octanol–water partition coefficient (Wildman–Crippen LogP) is 2.36. The Morgan fingerprint density at radius 1 is 1.28 bits per heavy atom. The first kappa shape index (κ1) is 11.2. The van der Waals surface area contributed by atoms with Crippen molar-refractivity contribution in [2.75, 3.05) is 0 Å². The average molecular weight is 240 g/mol. The largest absolute Gasteiger partial charge is 0.347 e. The number of rotatable bonds is 2. The van der Waals surface area contributed by atoms with Crippen LogP contribution in [0.15, 0.2) is 47.5 Å². The number of aryl methyl sites for hydroxylation is 1. The molecule has 0 saturated carbocycles. The summed E-state index contributed by atoms with van der Waals surface area (Å²) in [5, 5.41) is 0. The molecule has 0 radical (unpaired) electrons. The van der Waals surface area contributed by atoms with E-state index < -0.39 is 0 Å². The number of hydrogen-bond acceptors (Lipinski definition) is 2. The second-order valence-electron chi connectivity index (χ2n) is 4.84. The maximum Gasteiger partial charge on any atom is 0.347 e. The van der Waals surface area contributed by atoms with Gasteiger partial charge in [-0.15, -0.1) is 0 Å². The van der Waals surface area contributed by atoms with Crippen LogP contribution in [0.3, 0.4) is 0 Å². The topological polar surface area (TPSA) is 34.9 Å². The van der Waals surface area contributed by atoms with Crippen LogP contribution in [-0.2, 0) is 13.0 Å². The van der Waals surface area contributed by atoms with Gasteiger partial charge in [0.05, 0.1) is 0 Å². The van der Waals surface area contributed by atoms with Gasteiger partial charge in [0.1, 0.15) is 0 Å². The van der Waals surface area contributed by atoms with Crippen molar-refractivity contribution < 1.29 is 0 Å². The fraction of sp³-hybridized carbons (Fsp3) is 0.333. The van der Waals surface area contributed by atoms with Crippen LogP contribution in [0.5, 0.6) is 0 Å². The maximum absolute atomic E-state index is 11.7. The van der Waals surface area contributed by atoms with Crippen LogP contribution in [0.2, 0.25) is 0 Å². The molecule has 18 heavy (non-hydrogen) atoms. The Kier molecular flexibility index (Phi) is 2.97. The fourth-order valence-corrected chi connectivity index (χ4v) is 2.81. The van der Waals surface area contributed by atoms with Crippen molar-refractivity contribution >= 4 is 0 Å². The number of hydrogen-bond donors (Lipinski definition) is 0. The molecule has 0 spiro atoms. The van der Waals surface area contributed by atoms with Gasteiger partial charge in [-0.05, 0) is 36.5 Å². The van der Waals surface area contributed by atoms with Gasteiger partial charge in [-0.3, -0.25) is 4.57 Å². The fourth-order valence-electron chi connectivity index (χ4n) is 2.81. The molecule has 1 aromatic carbocycles. The highest BCUT2D eigenvalue weighted by Crippen LogP contribution is 2.32. The average Bonchev–Trinajstić information content (AvgIpc) is 2.42. The normalized spacial score (nSPS) is 18.3. The van der Waals surface area contributed by atoms with Crippen molar-refractivity contribution in [3.8, 4) is 0 Å². The lowest BCUT2D eigenvalue weighted by Crippen LogP contribution is -2.26. The molecule has 2 aromatic rings. The van der Waals surface area contributed by atoms with Crippen LogP contribution in [0.1, 0.15) is 29.9 Å². The molecule has 1 aliphatic rings. The van der Waals surface area contributed by atoms with Crippen molar-refractivity contribution in [3.05, 3.63) is 64.3 Å². The zero-order valence-corrected chi connectivity index (χ0v) is 10.2. The van der Waals surface area contributed by atoms with Gasteiger partial charge in [-0.1, -0.05) is 24.3 Å². The highest BCUT2D eigenvalue weighted by Gasteiger charge is 2.20. The van der Waals surface area contributed by atoms with Gasteiger partial charge < -0.3 is 0 Å². The van der Waals surface area contributed by atoms with E-state index in [1.54, 1.807) is 10.8 Å². The van der Waals surface area contributed by atoms with Gasteiger partial charge >= 0.3 is 5.69 Å². The van der Waals surface area contributed by atoms with Crippen molar-refractivity contribution in [3.63, 3.8) is 0 Å². The summed E-state index contributed by atoms with van der Waals surface area (Å²) < 4.78 is 1.72. The number of aromatic nitrogens is 2. The molecular weight excluding hydrogens is 224 g/mol. The minimum Gasteiger partial charge on any atom is -0.299 e. The molecule has 3 rings (SSSR count). The van der Waals surface area contributed by atoms with Gasteiger partial charge in [-0.2, -0.15) is 0 Å². The van der Waals surface area contributed by atoms with Crippen LogP contribution in [0, 0.1) is 0 Å². The Bertz CT molecular complexity index is 603. The third-order valence-electron chi connectivity index (χ3n) is 3.69. The molecule has 1 heterocycles. The van der Waals surface area contributed by atoms with Crippen molar-refractivity contribution in [1.82, 2.24) is 9.55 Å². The van der Waals surface area contributed by atoms with E-state index in [1.165, 1.54) is 17.5 Å². The molecule has 0 N–H and O–H groups in total. The van der Waals surface area contributed by atoms with E-state index in [4.69, 9.17) is 0 Å². The number of fused-ring (bicyclic) bond motifs is 1. The summed E-state index contributed by atoms with van der Waals surface area (Å²) in [6, 6.07) is 10.4. The first-order valence-corrected chi connectivity index (χ1v) is 6.44. The molecule has 1 aliphatic carbocycles. The molecule has 1 atom stereocenters. The van der Waals surface area contributed by atoms with Crippen LogP contribution >= 0.6 is 0 Å². The van der Waals surface area contributed by atoms with Crippen molar-refractivity contribution in [1.29, 1.82) is 0 Å². The van der Waals surface area contributed by atoms with Crippen molar-refractivity contribution in [2.45, 2.75) is 31.7 Å². The third kappa shape index (κ3) is 2.08. The summed E-state index contributed by atoms with van der Waals surface area (Å²) >= 11 is 0. The second-order valence-corrected chi connectivity index (χ2v) is 4.84. The van der Waals surface area contributed by atoms with Gasteiger partial charge in [0.15, 0.2) is 0 Å². The van der Waals surface area contributed by atoms with Gasteiger partial charge in [-0.25, -0.2) is 9.78 Å². The smallest absolute Gasteiger partial charge is 0.299 e. The Hall–Kier alpha value is -1.90. The summed E-state index contributed by atoms with van der Waals surface area (Å²) in [4.78, 5) is 15.5. The summed E-state index contributed by atoms with van der Waals surface area (Å²) in [6.07, 6.45) is 6.89. The first-order chi connectivity index (χ1) is 8.84. The molecule has 0 fully saturated rings. The molecule has 0 saturated heterocycles. The van der Waals surface area contributed by atoms with Gasteiger partial charge in [0.2, 0.25) is 0 Å². The summed E-state index contributed by atoms with van der Waals surface area (Å²) in [5.41, 5.74) is 2.69. The van der Waals surface area contributed by atoms with Gasteiger partial charge in [0, 0.05) is 24.9 Å². The SMILES string of the molecule is O=c1ncccn1CC1CCCc2ccccc21. The van der Waals surface area contributed by atoms with E-state index in [-0.39, 0.29) is 5.69 Å². The number of nitrogens with zero attached hydrogens (tertiary/aromatic N) is 2. The minimum absolute atomic E-state index is 0.152. The zero-order valence-electron chi connectivity index (χ0n) is 10.2. The van der Waals surface area contributed by atoms with E-state index in [1.807, 2.05) is 12.3 Å². The highest BCUT2D eigenvalue weighted by molar-refractivity contribution is 5.32. The first-order valence-electron chi connectivity index (χ1n) is 6.44. The van der Waals surface area contributed by atoms with E-state index >= 15 is 0 Å². The Morgan fingerprint density at radius 2 is 2.17 bits per heavy atom. The molecule has 3 heteroatoms. The monoisotopic (exact) mass is 240 g/mol. The molecular formula is C15H16N2O. The Labute approximate surface area is 106 Å². The van der Waals surface area contributed by atoms with E-state index in [0.717, 1.165) is 19.4 Å². The third-order valence-corrected chi connectivity index (χ3v) is 3.69. The molecule has 1 unspecified atom stereocenters. The molecule has 3 nitrogen and oxygen atoms in total. The van der Waals surface area contributed by atoms with Crippen LogP contribution in [0.4, 0.5) is 0 Å². The van der Waals surface area contributed by atoms with Crippen LogP contribution in [-0.4, -0.2) is 9.55 Å². The van der Waals surface area contributed by atoms with E-state index in [9.17, 15) is 4.79 Å². The quantitative estimate of drug-likeness (QED) is 0.807. The Morgan fingerprint density at radius 3 is 3.06 bits per heavy atom. The maximum atomic E-state index is 11.7.